The third-order valence-corrected chi connectivity index (χ3v) is 11.4. The summed E-state index contributed by atoms with van der Waals surface area (Å²) in [6, 6.07) is 0. The zero-order chi connectivity index (χ0) is 54.3. The van der Waals surface area contributed by atoms with E-state index in [1.807, 2.05) is 12.2 Å². The van der Waals surface area contributed by atoms with E-state index in [1.54, 1.807) is 0 Å². The molecule has 0 amide bonds. The van der Waals surface area contributed by atoms with E-state index in [-0.39, 0.29) is 38.0 Å². The molecule has 0 aliphatic carbocycles. The first kappa shape index (κ1) is 69.5. The Labute approximate surface area is 459 Å². The second-order valence-corrected chi connectivity index (χ2v) is 18.4. The smallest absolute Gasteiger partial charge is 0.306 e. The Morgan fingerprint density at radius 3 is 0.880 bits per heavy atom. The molecule has 0 aliphatic heterocycles. The van der Waals surface area contributed by atoms with E-state index in [9.17, 15) is 14.4 Å². The molecule has 0 saturated heterocycles. The fourth-order valence-corrected chi connectivity index (χ4v) is 7.07. The maximum absolute atomic E-state index is 12.8. The van der Waals surface area contributed by atoms with Crippen molar-refractivity contribution in [1.29, 1.82) is 0 Å². The summed E-state index contributed by atoms with van der Waals surface area (Å²) in [5.74, 6) is -1.08. The van der Waals surface area contributed by atoms with Gasteiger partial charge in [0.2, 0.25) is 0 Å². The van der Waals surface area contributed by atoms with Crippen molar-refractivity contribution in [3.05, 3.63) is 182 Å². The Morgan fingerprint density at radius 2 is 0.547 bits per heavy atom. The largest absolute Gasteiger partial charge is 0.462 e. The first-order valence-electron chi connectivity index (χ1n) is 29.3. The number of carbonyl (C=O) groups excluding carboxylic acids is 3. The van der Waals surface area contributed by atoms with E-state index in [4.69, 9.17) is 14.2 Å². The van der Waals surface area contributed by atoms with Crippen LogP contribution in [0.15, 0.2) is 182 Å². The lowest BCUT2D eigenvalue weighted by Gasteiger charge is -2.18. The Bertz CT molecular complexity index is 1800. The molecule has 0 radical (unpaired) electrons. The van der Waals surface area contributed by atoms with Gasteiger partial charge in [0.1, 0.15) is 13.2 Å². The lowest BCUT2D eigenvalue weighted by Crippen LogP contribution is -2.30. The average Bonchev–Trinajstić information content (AvgIpc) is 3.41. The zero-order valence-corrected chi connectivity index (χ0v) is 47.5. The van der Waals surface area contributed by atoms with Crippen LogP contribution >= 0.6 is 0 Å². The first-order valence-corrected chi connectivity index (χ1v) is 29.3. The number of hydrogen-bond acceptors (Lipinski definition) is 6. The van der Waals surface area contributed by atoms with Crippen molar-refractivity contribution in [2.24, 2.45) is 0 Å². The fourth-order valence-electron chi connectivity index (χ4n) is 7.07. The average molecular weight is 1030 g/mol. The van der Waals surface area contributed by atoms with Crippen molar-refractivity contribution in [3.8, 4) is 0 Å². The molecular formula is C69H104O6. The highest BCUT2D eigenvalue weighted by atomic mass is 16.6. The van der Waals surface area contributed by atoms with Gasteiger partial charge >= 0.3 is 17.9 Å². The minimum absolute atomic E-state index is 0.136. The van der Waals surface area contributed by atoms with Crippen molar-refractivity contribution >= 4 is 17.9 Å². The summed E-state index contributed by atoms with van der Waals surface area (Å²) in [5, 5.41) is 0. The van der Waals surface area contributed by atoms with Gasteiger partial charge in [0, 0.05) is 19.3 Å². The molecule has 416 valence electrons. The number of allylic oxidation sites excluding steroid dienone is 30. The van der Waals surface area contributed by atoms with Crippen LogP contribution in [-0.2, 0) is 28.6 Å². The van der Waals surface area contributed by atoms with Gasteiger partial charge in [-0.25, -0.2) is 0 Å². The number of unbranched alkanes of at least 4 members (excludes halogenated alkanes) is 9. The van der Waals surface area contributed by atoms with Crippen LogP contribution < -0.4 is 0 Å². The Hall–Kier alpha value is -5.49. The molecule has 6 heteroatoms. The molecule has 0 aromatic heterocycles. The summed E-state index contributed by atoms with van der Waals surface area (Å²) >= 11 is 0. The minimum Gasteiger partial charge on any atom is -0.462 e. The van der Waals surface area contributed by atoms with Crippen LogP contribution in [0, 0.1) is 0 Å². The van der Waals surface area contributed by atoms with Gasteiger partial charge in [0.05, 0.1) is 0 Å². The van der Waals surface area contributed by atoms with Crippen molar-refractivity contribution in [2.75, 3.05) is 13.2 Å². The Morgan fingerprint density at radius 1 is 0.280 bits per heavy atom. The predicted molar refractivity (Wildman–Crippen MR) is 324 cm³/mol. The van der Waals surface area contributed by atoms with E-state index in [2.05, 4.69) is 191 Å². The molecule has 0 fully saturated rings. The lowest BCUT2D eigenvalue weighted by atomic mass is 10.1. The second-order valence-electron chi connectivity index (χ2n) is 18.4. The standard InChI is InChI=1S/C69H104O6/c1-4-7-10-13-16-19-22-25-27-29-31-32-33-34-35-36-38-39-41-44-47-50-53-56-59-62-68(71)74-65-66(64-73-67(70)61-58-55-52-49-46-43-24-21-18-15-12-9-6-3)75-69(72)63-60-57-54-51-48-45-42-40-37-30-28-26-23-20-17-14-11-8-5-2/h7-8,10-12,15-17,19-21,24-28,31-32,34-35,37-40,44-45,47-48,54,57,66H,4-6,9,13-14,18,22-23,29-30,33,36,41-43,46,49-53,55-56,58-65H2,1-3H3/b10-7-,11-8-,15-12-,19-16-,20-17-,24-21-,27-25-,28-26-,32-31-,35-34-,39-38-,40-37-,47-44-,48-45-,57-54-. The maximum Gasteiger partial charge on any atom is 0.306 e. The van der Waals surface area contributed by atoms with Crippen molar-refractivity contribution in [3.63, 3.8) is 0 Å². The summed E-state index contributed by atoms with van der Waals surface area (Å²) < 4.78 is 16.7. The van der Waals surface area contributed by atoms with E-state index < -0.39 is 12.1 Å². The molecule has 1 unspecified atom stereocenters. The van der Waals surface area contributed by atoms with E-state index in [0.717, 1.165) is 161 Å². The van der Waals surface area contributed by atoms with Crippen molar-refractivity contribution < 1.29 is 28.6 Å². The molecule has 0 bridgehead atoms. The van der Waals surface area contributed by atoms with Crippen molar-refractivity contribution in [2.45, 2.75) is 219 Å². The Balaban J connectivity index is 4.58. The summed E-state index contributed by atoms with van der Waals surface area (Å²) in [5.41, 5.74) is 0. The zero-order valence-electron chi connectivity index (χ0n) is 47.5. The molecular weight excluding hydrogens is 925 g/mol. The second kappa shape index (κ2) is 61.1. The molecule has 0 aliphatic rings. The van der Waals surface area contributed by atoms with Gasteiger partial charge in [-0.1, -0.05) is 235 Å². The van der Waals surface area contributed by atoms with Gasteiger partial charge in [-0.15, -0.1) is 0 Å². The number of esters is 3. The molecule has 0 spiro atoms. The molecule has 0 rings (SSSR count). The first-order chi connectivity index (χ1) is 37.0. The van der Waals surface area contributed by atoms with Crippen LogP contribution in [0.3, 0.4) is 0 Å². The van der Waals surface area contributed by atoms with Gasteiger partial charge < -0.3 is 14.2 Å². The van der Waals surface area contributed by atoms with Crippen LogP contribution in [0.2, 0.25) is 0 Å². The highest BCUT2D eigenvalue weighted by Crippen LogP contribution is 2.11. The molecule has 0 aromatic rings. The highest BCUT2D eigenvalue weighted by Gasteiger charge is 2.19. The summed E-state index contributed by atoms with van der Waals surface area (Å²) in [4.78, 5) is 38.1. The quantitative estimate of drug-likeness (QED) is 0.0261. The highest BCUT2D eigenvalue weighted by molar-refractivity contribution is 5.71. The number of rotatable bonds is 50. The predicted octanol–water partition coefficient (Wildman–Crippen LogP) is 20.1. The summed E-state index contributed by atoms with van der Waals surface area (Å²) in [7, 11) is 0. The van der Waals surface area contributed by atoms with Crippen LogP contribution in [-0.4, -0.2) is 37.2 Å². The SMILES string of the molecule is CC/C=C\C/C=C\C/C=C\C/C=C\C/C=C\C/C=C\C/C=C\CCCCCC(=O)OCC(COC(=O)CCCCCCC/C=C\C/C=C\CCC)OC(=O)CC/C=C\C/C=C\C/C=C\C/C=C\C/C=C\C/C=C\CC. The summed E-state index contributed by atoms with van der Waals surface area (Å²) in [6.45, 7) is 6.22. The van der Waals surface area contributed by atoms with Crippen LogP contribution in [0.4, 0.5) is 0 Å². The van der Waals surface area contributed by atoms with Gasteiger partial charge in [0.15, 0.2) is 6.10 Å². The molecule has 0 heterocycles. The van der Waals surface area contributed by atoms with Crippen LogP contribution in [0.5, 0.6) is 0 Å². The third-order valence-electron chi connectivity index (χ3n) is 11.4. The van der Waals surface area contributed by atoms with Gasteiger partial charge in [-0.3, -0.25) is 14.4 Å². The van der Waals surface area contributed by atoms with E-state index >= 15 is 0 Å². The molecule has 0 aromatic carbocycles. The van der Waals surface area contributed by atoms with Crippen molar-refractivity contribution in [1.82, 2.24) is 0 Å². The number of carbonyl (C=O) groups is 3. The van der Waals surface area contributed by atoms with Gasteiger partial charge in [-0.05, 0) is 141 Å². The molecule has 75 heavy (non-hydrogen) atoms. The molecule has 0 saturated carbocycles. The van der Waals surface area contributed by atoms with E-state index in [0.29, 0.717) is 12.8 Å². The Kier molecular flexibility index (Phi) is 56.6. The van der Waals surface area contributed by atoms with Crippen LogP contribution in [0.25, 0.3) is 0 Å². The van der Waals surface area contributed by atoms with Gasteiger partial charge in [0.25, 0.3) is 0 Å². The fraction of sp³-hybridized carbons (Fsp3) is 0.522. The van der Waals surface area contributed by atoms with Crippen LogP contribution in [0.1, 0.15) is 213 Å². The molecule has 0 N–H and O–H groups in total. The maximum atomic E-state index is 12.8. The molecule has 6 nitrogen and oxygen atoms in total. The topological polar surface area (TPSA) is 78.9 Å². The normalized spacial score (nSPS) is 13.5. The minimum atomic E-state index is -0.850. The lowest BCUT2D eigenvalue weighted by molar-refractivity contribution is -0.166. The monoisotopic (exact) mass is 1030 g/mol. The van der Waals surface area contributed by atoms with E-state index in [1.165, 1.54) is 6.42 Å². The molecule has 1 atom stereocenters. The summed E-state index contributed by atoms with van der Waals surface area (Å²) in [6.07, 6.45) is 91.8. The number of ether oxygens (including phenoxy) is 3. The number of hydrogen-bond donors (Lipinski definition) is 0. The third kappa shape index (κ3) is 59.3. The van der Waals surface area contributed by atoms with Gasteiger partial charge in [-0.2, -0.15) is 0 Å².